The number of hydrogen-bond donors (Lipinski definition) is 2. The van der Waals surface area contributed by atoms with Crippen molar-refractivity contribution in [1.29, 1.82) is 0 Å². The molecule has 0 radical (unpaired) electrons. The minimum Gasteiger partial charge on any atom is -0.346 e. The fourth-order valence-corrected chi connectivity index (χ4v) is 7.93. The Morgan fingerprint density at radius 2 is 1.89 bits per heavy atom. The second kappa shape index (κ2) is 9.78. The fraction of sp³-hybridized carbons (Fsp3) is 0.552. The van der Waals surface area contributed by atoms with Crippen LogP contribution in [0.3, 0.4) is 0 Å². The number of carbonyl (C=O) groups excluding carboxylic acids is 1. The van der Waals surface area contributed by atoms with Crippen molar-refractivity contribution in [3.05, 3.63) is 40.2 Å². The lowest BCUT2D eigenvalue weighted by molar-refractivity contribution is 0.175. The zero-order valence-electron chi connectivity index (χ0n) is 22.4. The third-order valence-electron chi connectivity index (χ3n) is 8.47. The lowest BCUT2D eigenvalue weighted by Gasteiger charge is -2.34. The van der Waals surface area contributed by atoms with Gasteiger partial charge in [-0.2, -0.15) is 5.10 Å². The van der Waals surface area contributed by atoms with Crippen molar-refractivity contribution in [1.82, 2.24) is 29.8 Å². The number of hydrogen-bond acceptors (Lipinski definition) is 4. The first-order valence-corrected chi connectivity index (χ1v) is 14.7. The van der Waals surface area contributed by atoms with Crippen LogP contribution in [0.5, 0.6) is 0 Å². The number of aromatic nitrogens is 4. The minimum absolute atomic E-state index is 0.145. The molecule has 1 aliphatic carbocycles. The molecule has 5 heterocycles. The summed E-state index contributed by atoms with van der Waals surface area (Å²) >= 11 is 1.92. The van der Waals surface area contributed by atoms with Gasteiger partial charge in [0.2, 0.25) is 0 Å². The number of fused-ring (bicyclic) bond motifs is 2. The van der Waals surface area contributed by atoms with Crippen LogP contribution in [0.1, 0.15) is 92.2 Å². The number of pyridine rings is 1. The van der Waals surface area contributed by atoms with Crippen LogP contribution < -0.4 is 5.32 Å². The second-order valence-corrected chi connectivity index (χ2v) is 12.4. The van der Waals surface area contributed by atoms with Gasteiger partial charge in [-0.3, -0.25) is 0 Å². The van der Waals surface area contributed by atoms with Gasteiger partial charge >= 0.3 is 6.03 Å². The molecular formula is C29H38N6OS. The molecule has 8 heteroatoms. The Hall–Kier alpha value is -2.87. The molecule has 0 unspecified atom stereocenters. The van der Waals surface area contributed by atoms with Crippen molar-refractivity contribution in [2.24, 2.45) is 0 Å². The Bertz CT molecular complexity index is 1430. The van der Waals surface area contributed by atoms with Crippen molar-refractivity contribution in [3.8, 4) is 11.3 Å². The van der Waals surface area contributed by atoms with Gasteiger partial charge in [0.1, 0.15) is 11.2 Å². The molecular weight excluding hydrogens is 480 g/mol. The molecule has 1 saturated carbocycles. The Morgan fingerprint density at radius 3 is 2.62 bits per heavy atom. The Balaban J connectivity index is 1.24. The molecule has 2 N–H and O–H groups in total. The number of carbonyl (C=O) groups is 1. The molecule has 2 amide bonds. The van der Waals surface area contributed by atoms with Crippen LogP contribution in [0.2, 0.25) is 0 Å². The number of amides is 2. The monoisotopic (exact) mass is 518 g/mol. The van der Waals surface area contributed by atoms with E-state index < -0.39 is 0 Å². The number of rotatable bonds is 4. The maximum atomic E-state index is 12.9. The molecule has 2 fully saturated rings. The molecule has 2 aliphatic rings. The standard InChI is InChI=1S/C29H38N6OS/c1-17(2)23-24-19(4)26(20-10-12-34(13-11-20)29(36)32-22-8-6-5-7-9-22)37-28(24)33-25(23)21-14-18(3)27-30-16-31-35(27)15-21/h14-17,20,22,33H,5-13H2,1-4H3,(H,32,36). The van der Waals surface area contributed by atoms with Gasteiger partial charge in [0.05, 0.1) is 5.69 Å². The van der Waals surface area contributed by atoms with Crippen LogP contribution in [0, 0.1) is 13.8 Å². The van der Waals surface area contributed by atoms with Crippen molar-refractivity contribution < 1.29 is 4.79 Å². The number of nitrogens with zero attached hydrogens (tertiary/aromatic N) is 4. The normalized spacial score (nSPS) is 17.9. The van der Waals surface area contributed by atoms with E-state index in [1.807, 2.05) is 20.8 Å². The summed E-state index contributed by atoms with van der Waals surface area (Å²) in [4.78, 5) is 25.8. The number of piperidine rings is 1. The molecule has 0 atom stereocenters. The van der Waals surface area contributed by atoms with Crippen LogP contribution in [0.4, 0.5) is 4.79 Å². The number of H-pyrrole nitrogens is 1. The number of aromatic amines is 1. The van der Waals surface area contributed by atoms with Gasteiger partial charge in [-0.05, 0) is 74.1 Å². The average Bonchev–Trinajstić information content (AvgIpc) is 3.60. The summed E-state index contributed by atoms with van der Waals surface area (Å²) in [5, 5.41) is 9.08. The van der Waals surface area contributed by atoms with Crippen LogP contribution in [0.25, 0.3) is 27.1 Å². The summed E-state index contributed by atoms with van der Waals surface area (Å²) in [6.45, 7) is 10.6. The van der Waals surface area contributed by atoms with Crippen LogP contribution in [0.15, 0.2) is 18.6 Å². The van der Waals surface area contributed by atoms with E-state index in [1.54, 1.807) is 6.33 Å². The number of aryl methyl sites for hydroxylation is 2. The van der Waals surface area contributed by atoms with E-state index in [0.717, 1.165) is 55.5 Å². The first-order valence-electron chi connectivity index (χ1n) is 13.9. The van der Waals surface area contributed by atoms with Crippen molar-refractivity contribution in [2.75, 3.05) is 13.1 Å². The van der Waals surface area contributed by atoms with E-state index in [9.17, 15) is 4.79 Å². The van der Waals surface area contributed by atoms with E-state index in [4.69, 9.17) is 0 Å². The zero-order valence-corrected chi connectivity index (χ0v) is 23.2. The quantitative estimate of drug-likeness (QED) is 0.308. The number of likely N-dealkylation sites (tertiary alicyclic amines) is 1. The smallest absolute Gasteiger partial charge is 0.317 e. The third-order valence-corrected chi connectivity index (χ3v) is 9.84. The molecule has 0 aromatic carbocycles. The summed E-state index contributed by atoms with van der Waals surface area (Å²) in [6.07, 6.45) is 11.8. The van der Waals surface area contributed by atoms with E-state index in [2.05, 4.69) is 60.3 Å². The Labute approximate surface area is 222 Å². The first kappa shape index (κ1) is 24.5. The first-order chi connectivity index (χ1) is 17.9. The molecule has 4 aromatic heterocycles. The van der Waals surface area contributed by atoms with E-state index in [0.29, 0.717) is 17.9 Å². The van der Waals surface area contributed by atoms with Gasteiger partial charge in [0.15, 0.2) is 5.65 Å². The van der Waals surface area contributed by atoms with E-state index in [1.165, 1.54) is 51.2 Å². The van der Waals surface area contributed by atoms with Gasteiger partial charge in [-0.15, -0.1) is 11.3 Å². The van der Waals surface area contributed by atoms with Crippen molar-refractivity contribution in [2.45, 2.75) is 90.5 Å². The number of urea groups is 1. The van der Waals surface area contributed by atoms with Gasteiger partial charge in [-0.25, -0.2) is 14.3 Å². The molecule has 37 heavy (non-hydrogen) atoms. The third kappa shape index (κ3) is 4.43. The lowest BCUT2D eigenvalue weighted by atomic mass is 9.90. The zero-order chi connectivity index (χ0) is 25.7. The number of nitrogens with one attached hydrogen (secondary N) is 2. The summed E-state index contributed by atoms with van der Waals surface area (Å²) < 4.78 is 1.88. The predicted octanol–water partition coefficient (Wildman–Crippen LogP) is 6.90. The predicted molar refractivity (Wildman–Crippen MR) is 151 cm³/mol. The highest BCUT2D eigenvalue weighted by Crippen LogP contribution is 2.46. The highest BCUT2D eigenvalue weighted by molar-refractivity contribution is 7.19. The average molecular weight is 519 g/mol. The van der Waals surface area contributed by atoms with Crippen LogP contribution >= 0.6 is 11.3 Å². The topological polar surface area (TPSA) is 78.3 Å². The van der Waals surface area contributed by atoms with Gasteiger partial charge in [0, 0.05) is 41.2 Å². The van der Waals surface area contributed by atoms with E-state index >= 15 is 0 Å². The maximum Gasteiger partial charge on any atom is 0.317 e. The molecule has 4 aromatic rings. The summed E-state index contributed by atoms with van der Waals surface area (Å²) in [6, 6.07) is 2.74. The minimum atomic E-state index is 0.145. The summed E-state index contributed by atoms with van der Waals surface area (Å²) in [5.74, 6) is 0.906. The van der Waals surface area contributed by atoms with Crippen molar-refractivity contribution in [3.63, 3.8) is 0 Å². The van der Waals surface area contributed by atoms with Gasteiger partial charge in [0.25, 0.3) is 0 Å². The molecule has 1 aliphatic heterocycles. The molecule has 1 saturated heterocycles. The molecule has 0 spiro atoms. The van der Waals surface area contributed by atoms with Gasteiger partial charge in [-0.1, -0.05) is 33.1 Å². The second-order valence-electron chi connectivity index (χ2n) is 11.3. The Morgan fingerprint density at radius 1 is 1.14 bits per heavy atom. The summed E-state index contributed by atoms with van der Waals surface area (Å²) in [7, 11) is 0. The SMILES string of the molecule is Cc1c(C2CCN(C(=O)NC3CCCCC3)CC2)sc2[nH]c(-c3cc(C)c4ncnn4c3)c(C(C)C)c12. The van der Waals surface area contributed by atoms with Crippen molar-refractivity contribution >= 4 is 33.2 Å². The van der Waals surface area contributed by atoms with Gasteiger partial charge < -0.3 is 15.2 Å². The van der Waals surface area contributed by atoms with E-state index in [-0.39, 0.29) is 6.03 Å². The van der Waals surface area contributed by atoms with Crippen LogP contribution in [-0.2, 0) is 0 Å². The molecule has 0 bridgehead atoms. The highest BCUT2D eigenvalue weighted by Gasteiger charge is 2.30. The molecule has 6 rings (SSSR count). The fourth-order valence-electron chi connectivity index (χ4n) is 6.53. The molecule has 196 valence electrons. The molecule has 7 nitrogen and oxygen atoms in total. The Kier molecular flexibility index (Phi) is 6.47. The maximum absolute atomic E-state index is 12.9. The summed E-state index contributed by atoms with van der Waals surface area (Å²) in [5.41, 5.74) is 7.18. The number of thiophene rings is 1. The lowest BCUT2D eigenvalue weighted by Crippen LogP contribution is -2.48. The largest absolute Gasteiger partial charge is 0.346 e. The highest BCUT2D eigenvalue weighted by atomic mass is 32.1. The van der Waals surface area contributed by atoms with Crippen LogP contribution in [-0.4, -0.2) is 49.6 Å².